The van der Waals surface area contributed by atoms with Gasteiger partial charge in [-0.25, -0.2) is 26.3 Å². The summed E-state index contributed by atoms with van der Waals surface area (Å²) in [6.07, 6.45) is 0.937. The number of halogens is 3. The summed E-state index contributed by atoms with van der Waals surface area (Å²) in [6.45, 7) is 4.05. The minimum atomic E-state index is -4.00. The fourth-order valence-electron chi connectivity index (χ4n) is 4.54. The number of nitrogens with one attached hydrogen (secondary N) is 1. The third-order valence-electron chi connectivity index (χ3n) is 6.92. The molecule has 9 heteroatoms. The number of sulfonamides is 1. The molecule has 0 spiro atoms. The predicted molar refractivity (Wildman–Crippen MR) is 124 cm³/mol. The van der Waals surface area contributed by atoms with E-state index in [4.69, 9.17) is 0 Å². The van der Waals surface area contributed by atoms with Crippen molar-refractivity contribution in [1.29, 1.82) is 0 Å². The lowest BCUT2D eigenvalue weighted by Crippen LogP contribution is -2.53. The van der Waals surface area contributed by atoms with Crippen LogP contribution in [-0.4, -0.2) is 49.5 Å². The van der Waals surface area contributed by atoms with Gasteiger partial charge >= 0.3 is 0 Å². The fraction of sp³-hybridized carbons (Fsp3) is 0.480. The highest BCUT2D eigenvalue weighted by Gasteiger charge is 2.60. The Labute approximate surface area is 198 Å². The van der Waals surface area contributed by atoms with Crippen LogP contribution >= 0.6 is 0 Å². The maximum absolute atomic E-state index is 15.6. The number of benzene rings is 2. The minimum Gasteiger partial charge on any atom is -0.331 e. The molecule has 184 valence electrons. The second-order valence-corrected chi connectivity index (χ2v) is 11.7. The van der Waals surface area contributed by atoms with Crippen molar-refractivity contribution in [2.45, 2.75) is 58.0 Å². The summed E-state index contributed by atoms with van der Waals surface area (Å²) in [5.74, 6) is -4.87. The van der Waals surface area contributed by atoms with Crippen molar-refractivity contribution in [1.82, 2.24) is 9.62 Å². The zero-order chi connectivity index (χ0) is 24.9. The molecule has 2 atom stereocenters. The normalized spacial score (nSPS) is 23.2. The van der Waals surface area contributed by atoms with Crippen molar-refractivity contribution >= 4 is 15.9 Å². The van der Waals surface area contributed by atoms with Gasteiger partial charge in [-0.1, -0.05) is 55.0 Å². The lowest BCUT2D eigenvalue weighted by molar-refractivity contribution is -0.138. The predicted octanol–water partition coefficient (Wildman–Crippen LogP) is 4.30. The van der Waals surface area contributed by atoms with Crippen molar-refractivity contribution in [2.24, 2.45) is 5.41 Å². The Balaban J connectivity index is 1.74. The Kier molecular flexibility index (Phi) is 6.31. The number of alkyl halides is 2. The molecule has 1 aliphatic heterocycles. The third kappa shape index (κ3) is 4.73. The van der Waals surface area contributed by atoms with Gasteiger partial charge in [0.15, 0.2) is 0 Å². The molecule has 2 aliphatic rings. The zero-order valence-electron chi connectivity index (χ0n) is 19.4. The van der Waals surface area contributed by atoms with Crippen molar-refractivity contribution in [3.63, 3.8) is 0 Å². The van der Waals surface area contributed by atoms with Gasteiger partial charge in [-0.2, -0.15) is 0 Å². The lowest BCUT2D eigenvalue weighted by Gasteiger charge is -2.30. The molecular weight excluding hydrogens is 465 g/mol. The number of carbonyl (C=O) groups excluding carboxylic acids is 1. The van der Waals surface area contributed by atoms with Gasteiger partial charge in [-0.05, 0) is 44.2 Å². The second-order valence-electron chi connectivity index (χ2n) is 9.67. The highest BCUT2D eigenvalue weighted by atomic mass is 32.2. The SMILES string of the molecule is CCS(=O)(=O)N[C@@H]1[C@H](Cc2cccc(-c3cccc(C)c3)c2F)N(C(=O)C2(C)CC2)CC1(F)F. The van der Waals surface area contributed by atoms with Crippen molar-refractivity contribution in [3.05, 3.63) is 59.4 Å². The number of rotatable bonds is 7. The van der Waals surface area contributed by atoms with Gasteiger partial charge in [0.05, 0.1) is 18.3 Å². The van der Waals surface area contributed by atoms with Gasteiger partial charge in [0.2, 0.25) is 15.9 Å². The number of hydrogen-bond donors (Lipinski definition) is 1. The van der Waals surface area contributed by atoms with Crippen molar-refractivity contribution < 1.29 is 26.4 Å². The van der Waals surface area contributed by atoms with E-state index in [-0.39, 0.29) is 17.7 Å². The van der Waals surface area contributed by atoms with Gasteiger partial charge in [-0.3, -0.25) is 4.79 Å². The molecule has 2 aromatic carbocycles. The van der Waals surface area contributed by atoms with Crippen LogP contribution in [0.4, 0.5) is 13.2 Å². The Bertz CT molecular complexity index is 1210. The van der Waals surface area contributed by atoms with E-state index in [1.165, 1.54) is 13.0 Å². The number of likely N-dealkylation sites (tertiary alicyclic amines) is 1. The van der Waals surface area contributed by atoms with Crippen LogP contribution in [0, 0.1) is 18.2 Å². The largest absolute Gasteiger partial charge is 0.331 e. The van der Waals surface area contributed by atoms with Gasteiger partial charge in [0.1, 0.15) is 11.9 Å². The van der Waals surface area contributed by atoms with E-state index in [1.807, 2.05) is 19.1 Å². The first-order valence-electron chi connectivity index (χ1n) is 11.4. The molecule has 0 unspecified atom stereocenters. The highest BCUT2D eigenvalue weighted by molar-refractivity contribution is 7.89. The van der Waals surface area contributed by atoms with Gasteiger partial charge in [0.25, 0.3) is 5.92 Å². The summed E-state index contributed by atoms with van der Waals surface area (Å²) < 4.78 is 72.4. The molecule has 0 aromatic heterocycles. The monoisotopic (exact) mass is 494 g/mol. The highest BCUT2D eigenvalue weighted by Crippen LogP contribution is 2.49. The zero-order valence-corrected chi connectivity index (χ0v) is 20.3. The molecule has 1 heterocycles. The Morgan fingerprint density at radius 1 is 1.18 bits per heavy atom. The van der Waals surface area contributed by atoms with Crippen LogP contribution in [0.5, 0.6) is 0 Å². The lowest BCUT2D eigenvalue weighted by atomic mass is 9.94. The van der Waals surface area contributed by atoms with Crippen LogP contribution < -0.4 is 4.72 Å². The Hall–Kier alpha value is -2.39. The first-order chi connectivity index (χ1) is 15.9. The summed E-state index contributed by atoms with van der Waals surface area (Å²) in [7, 11) is -4.00. The summed E-state index contributed by atoms with van der Waals surface area (Å²) >= 11 is 0. The molecule has 1 saturated carbocycles. The maximum Gasteiger partial charge on any atom is 0.283 e. The van der Waals surface area contributed by atoms with E-state index in [2.05, 4.69) is 4.72 Å². The van der Waals surface area contributed by atoms with Gasteiger partial charge < -0.3 is 4.90 Å². The molecule has 34 heavy (non-hydrogen) atoms. The molecule has 4 rings (SSSR count). The summed E-state index contributed by atoms with van der Waals surface area (Å²) in [5.41, 5.74) is 1.35. The average molecular weight is 495 g/mol. The van der Waals surface area contributed by atoms with Crippen LogP contribution in [-0.2, 0) is 21.2 Å². The summed E-state index contributed by atoms with van der Waals surface area (Å²) in [5, 5.41) is 0. The van der Waals surface area contributed by atoms with Crippen molar-refractivity contribution in [2.75, 3.05) is 12.3 Å². The maximum atomic E-state index is 15.6. The molecule has 1 aliphatic carbocycles. The first-order valence-corrected chi connectivity index (χ1v) is 13.1. The van der Waals surface area contributed by atoms with Crippen molar-refractivity contribution in [3.8, 4) is 11.1 Å². The van der Waals surface area contributed by atoms with Gasteiger partial charge in [-0.15, -0.1) is 0 Å². The molecule has 1 amide bonds. The molecule has 0 bridgehead atoms. The quantitative estimate of drug-likeness (QED) is 0.624. The van der Waals surface area contributed by atoms with E-state index in [1.54, 1.807) is 31.2 Å². The summed E-state index contributed by atoms with van der Waals surface area (Å²) in [4.78, 5) is 14.2. The number of carbonyl (C=O) groups is 1. The summed E-state index contributed by atoms with van der Waals surface area (Å²) in [6, 6.07) is 8.98. The number of hydrogen-bond acceptors (Lipinski definition) is 3. The number of amides is 1. The molecule has 2 fully saturated rings. The van der Waals surface area contributed by atoms with E-state index in [9.17, 15) is 13.2 Å². The minimum absolute atomic E-state index is 0.154. The molecule has 2 aromatic rings. The molecule has 5 nitrogen and oxygen atoms in total. The first kappa shape index (κ1) is 24.7. The molecule has 0 radical (unpaired) electrons. The van der Waals surface area contributed by atoms with Crippen LogP contribution in [0.1, 0.15) is 37.8 Å². The van der Waals surface area contributed by atoms with E-state index in [0.29, 0.717) is 24.0 Å². The second kappa shape index (κ2) is 8.68. The van der Waals surface area contributed by atoms with Crippen LogP contribution in [0.3, 0.4) is 0 Å². The molecule has 1 saturated heterocycles. The van der Waals surface area contributed by atoms with Crippen LogP contribution in [0.15, 0.2) is 42.5 Å². The van der Waals surface area contributed by atoms with E-state index < -0.39 is 51.7 Å². The number of aryl methyl sites for hydroxylation is 1. The Morgan fingerprint density at radius 3 is 2.47 bits per heavy atom. The fourth-order valence-corrected chi connectivity index (χ4v) is 5.43. The molecular formula is C25H29F3N2O3S. The topological polar surface area (TPSA) is 66.5 Å². The third-order valence-corrected chi connectivity index (χ3v) is 8.29. The standard InChI is InChI=1S/C25H29F3N2O3S/c1-4-34(32,33)29-22-20(30(15-25(22,27)28)23(31)24(3)11-12-24)14-18-9-6-10-19(21(18)26)17-8-5-7-16(2)13-17/h5-10,13,20,22,29H,4,11-12,14-15H2,1-3H3/t20-,22+/m0/s1. The smallest absolute Gasteiger partial charge is 0.283 e. The molecule has 1 N–H and O–H groups in total. The van der Waals surface area contributed by atoms with Gasteiger partial charge in [0, 0.05) is 11.0 Å². The average Bonchev–Trinajstić information content (AvgIpc) is 3.48. The van der Waals surface area contributed by atoms with E-state index >= 15 is 13.2 Å². The van der Waals surface area contributed by atoms with E-state index in [0.717, 1.165) is 10.5 Å². The van der Waals surface area contributed by atoms with Crippen LogP contribution in [0.2, 0.25) is 0 Å². The number of nitrogens with zero attached hydrogens (tertiary/aromatic N) is 1. The van der Waals surface area contributed by atoms with Crippen LogP contribution in [0.25, 0.3) is 11.1 Å². The Morgan fingerprint density at radius 2 is 1.85 bits per heavy atom.